The van der Waals surface area contributed by atoms with Crippen LogP contribution in [0.1, 0.15) is 17.9 Å². The Labute approximate surface area is 101 Å². The van der Waals surface area contributed by atoms with Gasteiger partial charge in [-0.1, -0.05) is 6.07 Å². The molecule has 3 nitrogen and oxygen atoms in total. The van der Waals surface area contributed by atoms with Crippen molar-refractivity contribution >= 4 is 9.84 Å². The van der Waals surface area contributed by atoms with Crippen molar-refractivity contribution in [1.29, 1.82) is 0 Å². The van der Waals surface area contributed by atoms with Crippen LogP contribution in [-0.4, -0.2) is 27.8 Å². The zero-order chi connectivity index (χ0) is 12.5. The molecular weight excluding hydrogens is 241 g/mol. The molecule has 0 aromatic heterocycles. The summed E-state index contributed by atoms with van der Waals surface area (Å²) in [4.78, 5) is 0.0301. The number of rotatable bonds is 2. The molecule has 1 radical (unpaired) electrons. The molecule has 0 spiro atoms. The number of benzene rings is 1. The number of hydrogen-bond acceptors (Lipinski definition) is 3. The predicted octanol–water partition coefficient (Wildman–Crippen LogP) is 1.51. The third-order valence-corrected chi connectivity index (χ3v) is 4.05. The summed E-state index contributed by atoms with van der Waals surface area (Å²) in [6.07, 6.45) is 4.04. The van der Waals surface area contributed by atoms with Gasteiger partial charge in [0.2, 0.25) is 0 Å². The predicted molar refractivity (Wildman–Crippen MR) is 64.0 cm³/mol. The molecule has 1 unspecified atom stereocenters. The van der Waals surface area contributed by atoms with Gasteiger partial charge in [0.25, 0.3) is 0 Å². The van der Waals surface area contributed by atoms with Crippen molar-refractivity contribution in [3.05, 3.63) is 36.0 Å². The van der Waals surface area contributed by atoms with Crippen LogP contribution in [0.25, 0.3) is 0 Å². The number of halogens is 1. The maximum Gasteiger partial charge on any atom is 0.175 e. The highest BCUT2D eigenvalue weighted by Crippen LogP contribution is 2.26. The molecule has 17 heavy (non-hydrogen) atoms. The Bertz CT molecular complexity index is 507. The maximum absolute atomic E-state index is 13.9. The van der Waals surface area contributed by atoms with Crippen LogP contribution >= 0.6 is 0 Å². The highest BCUT2D eigenvalue weighted by Gasteiger charge is 2.20. The molecule has 0 amide bonds. The largest absolute Gasteiger partial charge is 0.316 e. The van der Waals surface area contributed by atoms with Gasteiger partial charge in [0, 0.05) is 18.7 Å². The fourth-order valence-electron chi connectivity index (χ4n) is 2.00. The summed E-state index contributed by atoms with van der Waals surface area (Å²) in [5, 5.41) is 3.19. The molecule has 1 saturated heterocycles. The molecule has 1 heterocycles. The van der Waals surface area contributed by atoms with Crippen molar-refractivity contribution in [1.82, 2.24) is 5.32 Å². The van der Waals surface area contributed by atoms with Gasteiger partial charge in [-0.25, -0.2) is 12.8 Å². The lowest BCUT2D eigenvalue weighted by molar-refractivity contribution is 0.519. The van der Waals surface area contributed by atoms with E-state index >= 15 is 0 Å². The maximum atomic E-state index is 13.9. The van der Waals surface area contributed by atoms with Crippen LogP contribution in [0.3, 0.4) is 0 Å². The van der Waals surface area contributed by atoms with E-state index in [4.69, 9.17) is 0 Å². The van der Waals surface area contributed by atoms with Crippen molar-refractivity contribution in [2.75, 3.05) is 19.3 Å². The minimum absolute atomic E-state index is 0.0253. The zero-order valence-electron chi connectivity index (χ0n) is 9.61. The van der Waals surface area contributed by atoms with Gasteiger partial charge < -0.3 is 5.32 Å². The van der Waals surface area contributed by atoms with Gasteiger partial charge >= 0.3 is 0 Å². The van der Waals surface area contributed by atoms with E-state index in [9.17, 15) is 12.8 Å². The van der Waals surface area contributed by atoms with Crippen LogP contribution in [0.5, 0.6) is 0 Å². The normalized spacial score (nSPS) is 21.4. The van der Waals surface area contributed by atoms with E-state index in [1.807, 2.05) is 0 Å². The van der Waals surface area contributed by atoms with Crippen LogP contribution in [0.2, 0.25) is 0 Å². The fraction of sp³-hybridized carbons (Fsp3) is 0.417. The summed E-state index contributed by atoms with van der Waals surface area (Å²) >= 11 is 0. The monoisotopic (exact) mass is 256 g/mol. The molecule has 0 bridgehead atoms. The van der Waals surface area contributed by atoms with Gasteiger partial charge in [-0.05, 0) is 37.1 Å². The van der Waals surface area contributed by atoms with Crippen molar-refractivity contribution < 1.29 is 12.8 Å². The summed E-state index contributed by atoms with van der Waals surface area (Å²) in [6, 6.07) is 4.14. The Morgan fingerprint density at radius 1 is 1.41 bits per heavy atom. The van der Waals surface area contributed by atoms with Crippen molar-refractivity contribution in [2.45, 2.75) is 17.2 Å². The molecule has 5 heteroatoms. The van der Waals surface area contributed by atoms with Gasteiger partial charge in [-0.3, -0.25) is 0 Å². The first-order chi connectivity index (χ1) is 7.98. The SMILES string of the molecule is CS(=O)(=O)c1ccc(C2[CH]CCNC2)c(F)c1. The molecule has 1 aliphatic heterocycles. The summed E-state index contributed by atoms with van der Waals surface area (Å²) in [6.45, 7) is 1.62. The molecule has 1 aromatic carbocycles. The highest BCUT2D eigenvalue weighted by molar-refractivity contribution is 7.90. The van der Waals surface area contributed by atoms with Crippen LogP contribution in [0.15, 0.2) is 23.1 Å². The molecule has 1 aromatic rings. The third-order valence-electron chi connectivity index (χ3n) is 2.94. The standard InChI is InChI=1S/C12H15FNO2S/c1-17(15,16)10-4-5-11(12(13)7-10)9-3-2-6-14-8-9/h3-5,7,9,14H,2,6,8H2,1H3. The Morgan fingerprint density at radius 2 is 2.18 bits per heavy atom. The lowest BCUT2D eigenvalue weighted by atomic mass is 9.91. The smallest absolute Gasteiger partial charge is 0.175 e. The fourth-order valence-corrected chi connectivity index (χ4v) is 2.64. The molecule has 1 atom stereocenters. The summed E-state index contributed by atoms with van der Waals surface area (Å²) in [5.41, 5.74) is 0.560. The first-order valence-corrected chi connectivity index (χ1v) is 7.41. The van der Waals surface area contributed by atoms with Gasteiger partial charge in [-0.2, -0.15) is 0 Å². The summed E-state index contributed by atoms with van der Waals surface area (Å²) < 4.78 is 36.4. The van der Waals surface area contributed by atoms with Crippen molar-refractivity contribution in [3.63, 3.8) is 0 Å². The van der Waals surface area contributed by atoms with E-state index < -0.39 is 15.7 Å². The second-order valence-electron chi connectivity index (χ2n) is 4.29. The second kappa shape index (κ2) is 4.74. The minimum Gasteiger partial charge on any atom is -0.316 e. The quantitative estimate of drug-likeness (QED) is 0.872. The topological polar surface area (TPSA) is 46.2 Å². The Balaban J connectivity index is 2.31. The van der Waals surface area contributed by atoms with Gasteiger partial charge in [0.1, 0.15) is 5.82 Å². The van der Waals surface area contributed by atoms with Crippen molar-refractivity contribution in [2.24, 2.45) is 0 Å². The van der Waals surface area contributed by atoms with Crippen molar-refractivity contribution in [3.8, 4) is 0 Å². The molecule has 93 valence electrons. The Hall–Kier alpha value is -0.940. The van der Waals surface area contributed by atoms with Gasteiger partial charge in [0.15, 0.2) is 9.84 Å². The second-order valence-corrected chi connectivity index (χ2v) is 6.31. The van der Waals surface area contributed by atoms with E-state index in [-0.39, 0.29) is 10.8 Å². The van der Waals surface area contributed by atoms with Gasteiger partial charge in [0.05, 0.1) is 4.90 Å². The van der Waals surface area contributed by atoms with E-state index in [1.54, 1.807) is 6.07 Å². The lowest BCUT2D eigenvalue weighted by Gasteiger charge is -2.23. The van der Waals surface area contributed by atoms with Crippen LogP contribution in [0, 0.1) is 12.2 Å². The number of nitrogens with one attached hydrogen (secondary N) is 1. The van der Waals surface area contributed by atoms with Crippen LogP contribution in [0.4, 0.5) is 4.39 Å². The van der Waals surface area contributed by atoms with Crippen LogP contribution in [-0.2, 0) is 9.84 Å². The molecule has 0 saturated carbocycles. The molecular formula is C12H15FNO2S. The molecule has 1 aliphatic rings. The first kappa shape index (κ1) is 12.5. The van der Waals surface area contributed by atoms with Gasteiger partial charge in [-0.15, -0.1) is 0 Å². The zero-order valence-corrected chi connectivity index (χ0v) is 10.4. The van der Waals surface area contributed by atoms with E-state index in [0.29, 0.717) is 12.1 Å². The third kappa shape index (κ3) is 2.84. The first-order valence-electron chi connectivity index (χ1n) is 5.52. The Kier molecular flexibility index (Phi) is 3.49. The summed E-state index contributed by atoms with van der Waals surface area (Å²) in [7, 11) is -3.34. The van der Waals surface area contributed by atoms with E-state index in [1.165, 1.54) is 6.07 Å². The van der Waals surface area contributed by atoms with E-state index in [2.05, 4.69) is 11.7 Å². The average molecular weight is 256 g/mol. The molecule has 2 rings (SSSR count). The van der Waals surface area contributed by atoms with Crippen LogP contribution < -0.4 is 5.32 Å². The summed E-state index contributed by atoms with van der Waals surface area (Å²) in [5.74, 6) is -0.421. The highest BCUT2D eigenvalue weighted by atomic mass is 32.2. The number of hydrogen-bond donors (Lipinski definition) is 1. The molecule has 1 N–H and O–H groups in total. The molecule has 1 fully saturated rings. The Morgan fingerprint density at radius 3 is 2.71 bits per heavy atom. The minimum atomic E-state index is -3.34. The lowest BCUT2D eigenvalue weighted by Crippen LogP contribution is -2.29. The van der Waals surface area contributed by atoms with E-state index in [0.717, 1.165) is 25.3 Å². The number of sulfone groups is 1. The number of piperidine rings is 1. The average Bonchev–Trinajstić information content (AvgIpc) is 2.29. The molecule has 0 aliphatic carbocycles.